The van der Waals surface area contributed by atoms with Gasteiger partial charge in [-0.2, -0.15) is 0 Å². The molecule has 0 rings (SSSR count). The lowest BCUT2D eigenvalue weighted by molar-refractivity contribution is 1.19. The lowest BCUT2D eigenvalue weighted by Gasteiger charge is -2.08. The van der Waals surface area contributed by atoms with Gasteiger partial charge in [0.2, 0.25) is 3.79 Å². The molecular weight excluding hydrogens is 192 g/mol. The van der Waals surface area contributed by atoms with E-state index in [1.54, 1.807) is 6.21 Å². The second-order valence-electron chi connectivity index (χ2n) is 1.66. The molecule has 0 saturated heterocycles. The highest BCUT2D eigenvalue weighted by molar-refractivity contribution is 6.69. The lowest BCUT2D eigenvalue weighted by Crippen LogP contribution is -2.03. The van der Waals surface area contributed by atoms with E-state index in [-0.39, 0.29) is 5.70 Å². The van der Waals surface area contributed by atoms with Gasteiger partial charge in [0, 0.05) is 6.21 Å². The van der Waals surface area contributed by atoms with E-state index in [0.29, 0.717) is 0 Å². The van der Waals surface area contributed by atoms with Gasteiger partial charge in [-0.3, -0.25) is 4.99 Å². The summed E-state index contributed by atoms with van der Waals surface area (Å²) in [6.45, 7) is 5.41. The molecule has 0 bridgehead atoms. The van der Waals surface area contributed by atoms with Crippen molar-refractivity contribution in [3.8, 4) is 0 Å². The fourth-order valence-electron chi connectivity index (χ4n) is 0.275. The molecule has 0 aromatic heterocycles. The molecule has 0 N–H and O–H groups in total. The normalized spacial score (nSPS) is 12.4. The van der Waals surface area contributed by atoms with Crippen LogP contribution < -0.4 is 0 Å². The van der Waals surface area contributed by atoms with Crippen LogP contribution in [0.15, 0.2) is 17.3 Å². The van der Waals surface area contributed by atoms with Gasteiger partial charge in [0.25, 0.3) is 0 Å². The lowest BCUT2D eigenvalue weighted by atomic mass is 10.5. The molecule has 0 aromatic carbocycles. The van der Waals surface area contributed by atoms with Gasteiger partial charge in [-0.15, -0.1) is 0 Å². The largest absolute Gasteiger partial charge is 0.262 e. The van der Waals surface area contributed by atoms with Crippen molar-refractivity contribution >= 4 is 41.0 Å². The van der Waals surface area contributed by atoms with E-state index in [2.05, 4.69) is 11.6 Å². The van der Waals surface area contributed by atoms with Crippen LogP contribution in [-0.2, 0) is 0 Å². The molecule has 10 heavy (non-hydrogen) atoms. The second kappa shape index (κ2) is 4.22. The number of aliphatic imine (C=N–C) groups is 1. The molecule has 0 unspecified atom stereocenters. The summed E-state index contributed by atoms with van der Waals surface area (Å²) in [6.07, 6.45) is 2.45. The van der Waals surface area contributed by atoms with Crippen molar-refractivity contribution in [2.24, 2.45) is 4.99 Å². The first-order valence-corrected chi connectivity index (χ1v) is 3.90. The molecular formula is C6H8Cl3N. The zero-order valence-corrected chi connectivity index (χ0v) is 7.84. The van der Waals surface area contributed by atoms with Gasteiger partial charge in [-0.05, 0) is 6.42 Å². The van der Waals surface area contributed by atoms with E-state index < -0.39 is 3.79 Å². The number of hydrogen-bond acceptors (Lipinski definition) is 1. The van der Waals surface area contributed by atoms with E-state index in [9.17, 15) is 0 Å². The Hall–Kier alpha value is 0.280. The third kappa shape index (κ3) is 4.15. The molecule has 1 nitrogen and oxygen atoms in total. The molecule has 0 aliphatic carbocycles. The average molecular weight is 200 g/mol. The van der Waals surface area contributed by atoms with E-state index >= 15 is 0 Å². The molecule has 0 amide bonds. The summed E-state index contributed by atoms with van der Waals surface area (Å²) in [5, 5.41) is 0. The Morgan fingerprint density at radius 3 is 2.40 bits per heavy atom. The number of allylic oxidation sites excluding steroid dienone is 1. The minimum absolute atomic E-state index is 0.249. The first-order valence-electron chi connectivity index (χ1n) is 2.77. The maximum Gasteiger partial charge on any atom is 0.231 e. The van der Waals surface area contributed by atoms with Crippen molar-refractivity contribution in [1.82, 2.24) is 0 Å². The topological polar surface area (TPSA) is 12.4 Å². The predicted octanol–water partition coefficient (Wildman–Crippen LogP) is 3.35. The van der Waals surface area contributed by atoms with Crippen molar-refractivity contribution in [1.29, 1.82) is 0 Å². The van der Waals surface area contributed by atoms with Crippen LogP contribution in [0, 0.1) is 0 Å². The molecule has 0 atom stereocenters. The third-order valence-electron chi connectivity index (χ3n) is 0.757. The van der Waals surface area contributed by atoms with Crippen LogP contribution in [0.2, 0.25) is 0 Å². The fraction of sp³-hybridized carbons (Fsp3) is 0.500. The summed E-state index contributed by atoms with van der Waals surface area (Å²) < 4.78 is -1.47. The second-order valence-corrected chi connectivity index (χ2v) is 3.95. The molecule has 0 fully saturated rings. The van der Waals surface area contributed by atoms with Crippen LogP contribution in [0.3, 0.4) is 0 Å². The smallest absolute Gasteiger partial charge is 0.231 e. The Morgan fingerprint density at radius 2 is 2.10 bits per heavy atom. The first kappa shape index (κ1) is 10.3. The Morgan fingerprint density at radius 1 is 1.60 bits per heavy atom. The van der Waals surface area contributed by atoms with Crippen LogP contribution in [0.5, 0.6) is 0 Å². The Labute approximate surface area is 75.7 Å². The number of alkyl halides is 3. The fourth-order valence-corrected chi connectivity index (χ4v) is 0.421. The molecule has 4 heteroatoms. The monoisotopic (exact) mass is 199 g/mol. The number of halogens is 3. The number of nitrogens with zero attached hydrogens (tertiary/aromatic N) is 1. The Kier molecular flexibility index (Phi) is 4.34. The Balaban J connectivity index is 3.98. The van der Waals surface area contributed by atoms with Crippen molar-refractivity contribution < 1.29 is 0 Å². The highest BCUT2D eigenvalue weighted by Gasteiger charge is 2.22. The SMILES string of the molecule is C=C(N=CCC)C(Cl)(Cl)Cl. The molecule has 0 spiro atoms. The van der Waals surface area contributed by atoms with E-state index in [1.165, 1.54) is 0 Å². The van der Waals surface area contributed by atoms with Gasteiger partial charge in [0.05, 0.1) is 5.70 Å². The molecule has 0 aliphatic rings. The zero-order valence-electron chi connectivity index (χ0n) is 5.57. The molecule has 0 heterocycles. The summed E-state index contributed by atoms with van der Waals surface area (Å²) in [6, 6.07) is 0. The predicted molar refractivity (Wildman–Crippen MR) is 48.2 cm³/mol. The van der Waals surface area contributed by atoms with E-state index in [1.807, 2.05) is 6.92 Å². The molecule has 0 aromatic rings. The van der Waals surface area contributed by atoms with Crippen LogP contribution in [0.1, 0.15) is 13.3 Å². The standard InChI is InChI=1S/C6H8Cl3N/c1-3-4-10-5(2)6(7,8)9/h4H,2-3H2,1H3. The molecule has 0 saturated carbocycles. The van der Waals surface area contributed by atoms with Gasteiger partial charge in [-0.1, -0.05) is 48.3 Å². The van der Waals surface area contributed by atoms with Crippen LogP contribution in [0.4, 0.5) is 0 Å². The van der Waals surface area contributed by atoms with Gasteiger partial charge < -0.3 is 0 Å². The summed E-state index contributed by atoms with van der Waals surface area (Å²) in [5.74, 6) is 0. The van der Waals surface area contributed by atoms with E-state index in [0.717, 1.165) is 6.42 Å². The average Bonchev–Trinajstić information content (AvgIpc) is 1.80. The van der Waals surface area contributed by atoms with E-state index in [4.69, 9.17) is 34.8 Å². The third-order valence-corrected chi connectivity index (χ3v) is 1.41. The van der Waals surface area contributed by atoms with Crippen molar-refractivity contribution in [2.45, 2.75) is 17.1 Å². The first-order chi connectivity index (χ1) is 4.48. The Bertz CT molecular complexity index is 146. The quantitative estimate of drug-likeness (QED) is 0.479. The maximum absolute atomic E-state index is 5.44. The minimum atomic E-state index is -1.47. The van der Waals surface area contributed by atoms with Crippen LogP contribution in [-0.4, -0.2) is 10.0 Å². The van der Waals surface area contributed by atoms with Gasteiger partial charge >= 0.3 is 0 Å². The summed E-state index contributed by atoms with van der Waals surface area (Å²) in [4.78, 5) is 3.80. The van der Waals surface area contributed by atoms with Crippen LogP contribution in [0.25, 0.3) is 0 Å². The van der Waals surface area contributed by atoms with Crippen LogP contribution >= 0.6 is 34.8 Å². The highest BCUT2D eigenvalue weighted by Crippen LogP contribution is 2.33. The van der Waals surface area contributed by atoms with Gasteiger partial charge in [0.1, 0.15) is 0 Å². The van der Waals surface area contributed by atoms with Crippen molar-refractivity contribution in [2.75, 3.05) is 0 Å². The maximum atomic E-state index is 5.44. The number of hydrogen-bond donors (Lipinski definition) is 0. The highest BCUT2D eigenvalue weighted by atomic mass is 35.6. The number of rotatable bonds is 2. The van der Waals surface area contributed by atoms with Crippen molar-refractivity contribution in [3.63, 3.8) is 0 Å². The molecule has 58 valence electrons. The summed E-state index contributed by atoms with van der Waals surface area (Å²) in [7, 11) is 0. The molecule has 0 radical (unpaired) electrons. The van der Waals surface area contributed by atoms with Gasteiger partial charge in [-0.25, -0.2) is 0 Å². The minimum Gasteiger partial charge on any atom is -0.262 e. The molecule has 0 aliphatic heterocycles. The summed E-state index contributed by atoms with van der Waals surface area (Å²) >= 11 is 16.3. The van der Waals surface area contributed by atoms with Crippen molar-refractivity contribution in [3.05, 3.63) is 12.3 Å². The zero-order chi connectivity index (χ0) is 8.20. The van der Waals surface area contributed by atoms with Gasteiger partial charge in [0.15, 0.2) is 0 Å². The summed E-state index contributed by atoms with van der Waals surface area (Å²) in [5.41, 5.74) is 0.249.